The van der Waals surface area contributed by atoms with Crippen LogP contribution in [0.25, 0.3) is 17.0 Å². The summed E-state index contributed by atoms with van der Waals surface area (Å²) in [4.78, 5) is 34.8. The van der Waals surface area contributed by atoms with Gasteiger partial charge in [-0.15, -0.1) is 11.8 Å². The number of nitrogen functional groups attached to an aromatic ring is 1. The molecular formula is C26H37N6O3S+. The molecule has 2 amide bonds. The van der Waals surface area contributed by atoms with Crippen LogP contribution in [0.1, 0.15) is 29.5 Å². The van der Waals surface area contributed by atoms with Gasteiger partial charge in [-0.05, 0) is 43.5 Å². The van der Waals surface area contributed by atoms with Crippen LogP contribution in [0.2, 0.25) is 0 Å². The molecule has 2 heterocycles. The predicted molar refractivity (Wildman–Crippen MR) is 144 cm³/mol. The maximum atomic E-state index is 13.6. The number of fused-ring (bicyclic) bond motifs is 5. The van der Waals surface area contributed by atoms with Crippen molar-refractivity contribution in [3.05, 3.63) is 41.5 Å². The molecule has 0 radical (unpaired) electrons. The number of aryl methyl sites for hydroxylation is 2. The van der Waals surface area contributed by atoms with Crippen LogP contribution in [0.15, 0.2) is 29.8 Å². The van der Waals surface area contributed by atoms with Gasteiger partial charge in [-0.3, -0.25) is 9.28 Å². The fourth-order valence-electron chi connectivity index (χ4n) is 4.20. The Morgan fingerprint density at radius 2 is 1.94 bits per heavy atom. The van der Waals surface area contributed by atoms with Gasteiger partial charge in [0.2, 0.25) is 11.9 Å². The molecule has 10 heteroatoms. The number of methoxy groups -OCH3 is 1. The Balaban J connectivity index is 2.03. The van der Waals surface area contributed by atoms with E-state index in [9.17, 15) is 9.59 Å². The number of anilines is 1. The molecule has 0 fully saturated rings. The second kappa shape index (κ2) is 11.9. The van der Waals surface area contributed by atoms with Crippen LogP contribution in [0.5, 0.6) is 0 Å². The van der Waals surface area contributed by atoms with Gasteiger partial charge in [0.05, 0.1) is 26.4 Å². The van der Waals surface area contributed by atoms with Crippen molar-refractivity contribution < 1.29 is 18.8 Å². The largest absolute Gasteiger partial charge is 0.379 e. The molecule has 9 nitrogen and oxygen atoms in total. The maximum absolute atomic E-state index is 13.6. The van der Waals surface area contributed by atoms with Crippen molar-refractivity contribution in [1.29, 1.82) is 0 Å². The zero-order chi connectivity index (χ0) is 26.5. The number of nitrogens with two attached hydrogens (primary N) is 1. The molecule has 0 aliphatic carbocycles. The first kappa shape index (κ1) is 27.6. The van der Waals surface area contributed by atoms with Gasteiger partial charge in [0, 0.05) is 42.7 Å². The molecule has 0 saturated carbocycles. The topological polar surface area (TPSA) is 119 Å². The third-order valence-electron chi connectivity index (χ3n) is 6.32. The van der Waals surface area contributed by atoms with Gasteiger partial charge >= 0.3 is 5.91 Å². The van der Waals surface area contributed by atoms with Crippen molar-refractivity contribution in [2.45, 2.75) is 37.8 Å². The van der Waals surface area contributed by atoms with E-state index in [-0.39, 0.29) is 22.2 Å². The number of nitrogens with zero attached hydrogens (tertiary/aromatic N) is 3. The highest BCUT2D eigenvalue weighted by Crippen LogP contribution is 2.31. The highest BCUT2D eigenvalue weighted by Gasteiger charge is 2.34. The monoisotopic (exact) mass is 513 g/mol. The fraction of sp³-hybridized carbons (Fsp3) is 0.462. The predicted octanol–water partition coefficient (Wildman–Crippen LogP) is 2.52. The van der Waals surface area contributed by atoms with Crippen LogP contribution >= 0.6 is 11.8 Å². The summed E-state index contributed by atoms with van der Waals surface area (Å²) in [6.07, 6.45) is 0.758. The Morgan fingerprint density at radius 1 is 1.22 bits per heavy atom. The minimum Gasteiger partial charge on any atom is -0.379 e. The summed E-state index contributed by atoms with van der Waals surface area (Å²) in [6, 6.07) is 5.47. The van der Waals surface area contributed by atoms with Crippen molar-refractivity contribution in [1.82, 2.24) is 20.6 Å². The lowest BCUT2D eigenvalue weighted by Gasteiger charge is -2.31. The third-order valence-corrected chi connectivity index (χ3v) is 7.24. The standard InChI is InChI=1S/C26H36N6O3S/c1-16-13-17(2)20-14-19(16)18(3)29-21(25(34)32(4,5)10-11-35-6)7-9-28-23(33)8-12-36-24-15-22(20)30-26(27)31-24/h13-15,21,29H,3,7-12H2,1-2,4-6H3,(H2-,27,28,30,31,33)/p+1. The minimum absolute atomic E-state index is 0.00248. The number of benzene rings is 1. The van der Waals surface area contributed by atoms with Crippen LogP contribution in [-0.4, -0.2) is 79.0 Å². The molecule has 1 aromatic heterocycles. The zero-order valence-corrected chi connectivity index (χ0v) is 22.6. The average Bonchev–Trinajstić information content (AvgIpc) is 2.80. The number of carbonyl (C=O) groups is 2. The molecule has 36 heavy (non-hydrogen) atoms. The number of rotatable bonds is 4. The number of likely N-dealkylation sites (N-methyl/N-ethyl adjacent to an activating group) is 1. The summed E-state index contributed by atoms with van der Waals surface area (Å²) in [6.45, 7) is 9.69. The van der Waals surface area contributed by atoms with E-state index in [4.69, 9.17) is 10.5 Å². The first-order valence-electron chi connectivity index (χ1n) is 12.0. The summed E-state index contributed by atoms with van der Waals surface area (Å²) in [7, 11) is 5.36. The van der Waals surface area contributed by atoms with Gasteiger partial charge in [-0.25, -0.2) is 14.8 Å². The molecule has 1 unspecified atom stereocenters. The zero-order valence-electron chi connectivity index (χ0n) is 21.8. The molecule has 1 aromatic carbocycles. The molecule has 4 bridgehead atoms. The van der Waals surface area contributed by atoms with E-state index >= 15 is 0 Å². The lowest BCUT2D eigenvalue weighted by Crippen LogP contribution is -2.56. The molecule has 194 valence electrons. The SMILES string of the molecule is C=C1NC(C(=O)[N+](C)(C)CCOC)CCNC(=O)CCSc2cc(nc(N)n2)-c2cc1c(C)cc2C. The minimum atomic E-state index is -0.544. The molecular weight excluding hydrogens is 476 g/mol. The first-order valence-corrected chi connectivity index (χ1v) is 13.0. The third kappa shape index (κ3) is 6.83. The number of amides is 2. The van der Waals surface area contributed by atoms with Gasteiger partial charge < -0.3 is 21.1 Å². The number of carbonyl (C=O) groups excluding carboxylic acids is 2. The highest BCUT2D eigenvalue weighted by molar-refractivity contribution is 7.99. The Morgan fingerprint density at radius 3 is 2.67 bits per heavy atom. The quantitative estimate of drug-likeness (QED) is 0.422. The Bertz CT molecular complexity index is 1150. The Hall–Kier alpha value is -2.95. The maximum Gasteiger partial charge on any atom is 0.335 e. The summed E-state index contributed by atoms with van der Waals surface area (Å²) in [5.41, 5.74) is 11.2. The first-order chi connectivity index (χ1) is 17.0. The van der Waals surface area contributed by atoms with E-state index in [0.717, 1.165) is 27.3 Å². The Labute approximate surface area is 217 Å². The second-order valence-electron chi connectivity index (χ2n) is 9.58. The number of hydrogen-bond donors (Lipinski definition) is 3. The molecule has 1 atom stereocenters. The van der Waals surface area contributed by atoms with Crippen molar-refractivity contribution >= 4 is 35.2 Å². The van der Waals surface area contributed by atoms with Crippen molar-refractivity contribution in [3.8, 4) is 11.3 Å². The van der Waals surface area contributed by atoms with E-state index in [2.05, 4.69) is 33.2 Å². The Kier molecular flexibility index (Phi) is 9.10. The molecule has 0 spiro atoms. The van der Waals surface area contributed by atoms with Gasteiger partial charge in [0.15, 0.2) is 0 Å². The van der Waals surface area contributed by atoms with E-state index in [1.165, 1.54) is 11.8 Å². The highest BCUT2D eigenvalue weighted by atomic mass is 32.2. The van der Waals surface area contributed by atoms with Crippen molar-refractivity contribution in [2.24, 2.45) is 0 Å². The smallest absolute Gasteiger partial charge is 0.335 e. The number of thioether (sulfide) groups is 1. The van der Waals surface area contributed by atoms with Crippen LogP contribution in [-0.2, 0) is 14.3 Å². The lowest BCUT2D eigenvalue weighted by molar-refractivity contribution is -0.815. The summed E-state index contributed by atoms with van der Waals surface area (Å²) in [5, 5.41) is 7.03. The number of hydrogen-bond acceptors (Lipinski definition) is 8. The molecule has 4 N–H and O–H groups in total. The van der Waals surface area contributed by atoms with Gasteiger partial charge in [-0.1, -0.05) is 12.6 Å². The average molecular weight is 514 g/mol. The second-order valence-corrected chi connectivity index (χ2v) is 10.7. The van der Waals surface area contributed by atoms with Crippen LogP contribution in [0, 0.1) is 13.8 Å². The number of aromatic nitrogens is 2. The number of ether oxygens (including phenoxy) is 1. The van der Waals surface area contributed by atoms with Crippen molar-refractivity contribution in [3.63, 3.8) is 0 Å². The molecule has 0 saturated heterocycles. The van der Waals surface area contributed by atoms with Gasteiger partial charge in [0.25, 0.3) is 0 Å². The van der Waals surface area contributed by atoms with Crippen LogP contribution < -0.4 is 16.4 Å². The molecule has 2 aromatic rings. The van der Waals surface area contributed by atoms with Gasteiger partial charge in [-0.2, -0.15) is 0 Å². The molecule has 1 aliphatic rings. The van der Waals surface area contributed by atoms with Crippen LogP contribution in [0.4, 0.5) is 5.95 Å². The van der Waals surface area contributed by atoms with Crippen LogP contribution in [0.3, 0.4) is 0 Å². The molecule has 3 rings (SSSR count). The van der Waals surface area contributed by atoms with E-state index in [1.54, 1.807) is 7.11 Å². The summed E-state index contributed by atoms with van der Waals surface area (Å²) >= 11 is 1.46. The van der Waals surface area contributed by atoms with E-state index in [1.807, 2.05) is 40.1 Å². The number of nitrogens with one attached hydrogen (secondary N) is 2. The van der Waals surface area contributed by atoms with E-state index in [0.29, 0.717) is 49.7 Å². The normalized spacial score (nSPS) is 17.3. The lowest BCUT2D eigenvalue weighted by atomic mass is 9.96. The van der Waals surface area contributed by atoms with Gasteiger partial charge in [0.1, 0.15) is 17.6 Å². The van der Waals surface area contributed by atoms with Crippen molar-refractivity contribution in [2.75, 3.05) is 52.4 Å². The summed E-state index contributed by atoms with van der Waals surface area (Å²) < 4.78 is 5.35. The summed E-state index contributed by atoms with van der Waals surface area (Å²) in [5.74, 6) is 0.656. The fourth-order valence-corrected chi connectivity index (χ4v) is 5.05. The molecule has 1 aliphatic heterocycles. The number of quaternary nitrogens is 1. The van der Waals surface area contributed by atoms with E-state index < -0.39 is 6.04 Å².